The maximum atomic E-state index is 12.3. The molecule has 0 aliphatic heterocycles. The summed E-state index contributed by atoms with van der Waals surface area (Å²) in [7, 11) is 1.64. The van der Waals surface area contributed by atoms with Crippen LogP contribution in [-0.2, 0) is 11.2 Å². The van der Waals surface area contributed by atoms with Gasteiger partial charge in [-0.3, -0.25) is 9.59 Å². The first-order valence-electron chi connectivity index (χ1n) is 9.14. The molecule has 0 radical (unpaired) electrons. The number of aryl methyl sites for hydroxylation is 2. The molecule has 0 aromatic heterocycles. The number of carbonyl (C=O) groups is 2. The molecular weight excluding hydrogens is 340 g/mol. The Hall–Kier alpha value is -2.82. The average Bonchev–Trinajstić information content (AvgIpc) is 2.66. The first-order valence-corrected chi connectivity index (χ1v) is 9.14. The third kappa shape index (κ3) is 6.13. The summed E-state index contributed by atoms with van der Waals surface area (Å²) in [5.74, 6) is 0.690. The topological polar surface area (TPSA) is 58.6 Å². The van der Waals surface area contributed by atoms with Crippen LogP contribution >= 0.6 is 0 Å². The standard InChI is InChI=1S/C22H28N2O3/c1-16-8-9-20(14-17(16)2)22(26)23-11-13-24(18(3)25)12-10-19-6-5-7-21(15-19)27-4/h5-9,14-15H,10-13H2,1-4H3,(H,23,26). The Labute approximate surface area is 161 Å². The molecule has 1 N–H and O–H groups in total. The number of hydrogen-bond donors (Lipinski definition) is 1. The zero-order valence-corrected chi connectivity index (χ0v) is 16.5. The zero-order valence-electron chi connectivity index (χ0n) is 16.5. The molecule has 0 bridgehead atoms. The van der Waals surface area contributed by atoms with Crippen LogP contribution in [0.1, 0.15) is 34.0 Å². The summed E-state index contributed by atoms with van der Waals surface area (Å²) in [6.45, 7) is 7.06. The zero-order chi connectivity index (χ0) is 19.8. The number of benzene rings is 2. The molecule has 0 aliphatic carbocycles. The maximum absolute atomic E-state index is 12.3. The van der Waals surface area contributed by atoms with Crippen molar-refractivity contribution in [2.75, 3.05) is 26.7 Å². The molecule has 5 nitrogen and oxygen atoms in total. The summed E-state index contributed by atoms with van der Waals surface area (Å²) < 4.78 is 5.23. The van der Waals surface area contributed by atoms with Crippen molar-refractivity contribution in [3.8, 4) is 5.75 Å². The van der Waals surface area contributed by atoms with E-state index < -0.39 is 0 Å². The number of ether oxygens (including phenoxy) is 1. The number of rotatable bonds is 8. The van der Waals surface area contributed by atoms with Gasteiger partial charge in [0.05, 0.1) is 7.11 Å². The van der Waals surface area contributed by atoms with E-state index in [2.05, 4.69) is 5.32 Å². The second kappa shape index (κ2) is 9.76. The van der Waals surface area contributed by atoms with Crippen molar-refractivity contribution >= 4 is 11.8 Å². The van der Waals surface area contributed by atoms with Gasteiger partial charge in [-0.05, 0) is 61.2 Å². The van der Waals surface area contributed by atoms with Gasteiger partial charge in [-0.2, -0.15) is 0 Å². The summed E-state index contributed by atoms with van der Waals surface area (Å²) in [5.41, 5.74) is 4.00. The molecule has 0 fully saturated rings. The van der Waals surface area contributed by atoms with Crippen LogP contribution < -0.4 is 10.1 Å². The normalized spacial score (nSPS) is 10.4. The number of carbonyl (C=O) groups excluding carboxylic acids is 2. The maximum Gasteiger partial charge on any atom is 0.251 e. The van der Waals surface area contributed by atoms with E-state index in [0.717, 1.165) is 28.9 Å². The number of nitrogens with one attached hydrogen (secondary N) is 1. The Kier molecular flexibility index (Phi) is 7.41. The fourth-order valence-corrected chi connectivity index (χ4v) is 2.81. The quantitative estimate of drug-likeness (QED) is 0.779. The monoisotopic (exact) mass is 368 g/mol. The van der Waals surface area contributed by atoms with E-state index in [1.807, 2.05) is 56.3 Å². The van der Waals surface area contributed by atoms with Gasteiger partial charge in [0.1, 0.15) is 5.75 Å². The molecule has 144 valence electrons. The summed E-state index contributed by atoms with van der Waals surface area (Å²) >= 11 is 0. The lowest BCUT2D eigenvalue weighted by molar-refractivity contribution is -0.128. The Morgan fingerprint density at radius 2 is 1.81 bits per heavy atom. The van der Waals surface area contributed by atoms with Crippen molar-refractivity contribution in [1.82, 2.24) is 10.2 Å². The van der Waals surface area contributed by atoms with Gasteiger partial charge in [-0.25, -0.2) is 0 Å². The van der Waals surface area contributed by atoms with Gasteiger partial charge >= 0.3 is 0 Å². The molecule has 27 heavy (non-hydrogen) atoms. The number of amides is 2. The van der Waals surface area contributed by atoms with Gasteiger partial charge in [-0.1, -0.05) is 18.2 Å². The molecule has 0 atom stereocenters. The highest BCUT2D eigenvalue weighted by Gasteiger charge is 2.11. The highest BCUT2D eigenvalue weighted by Crippen LogP contribution is 2.13. The SMILES string of the molecule is COc1cccc(CCN(CCNC(=O)c2ccc(C)c(C)c2)C(C)=O)c1. The Morgan fingerprint density at radius 1 is 1.04 bits per heavy atom. The van der Waals surface area contributed by atoms with Gasteiger partial charge in [0.2, 0.25) is 5.91 Å². The largest absolute Gasteiger partial charge is 0.497 e. The molecular formula is C22H28N2O3. The minimum Gasteiger partial charge on any atom is -0.497 e. The average molecular weight is 368 g/mol. The van der Waals surface area contributed by atoms with Crippen LogP contribution in [0.5, 0.6) is 5.75 Å². The first kappa shape index (κ1) is 20.5. The number of hydrogen-bond acceptors (Lipinski definition) is 3. The number of nitrogens with zero attached hydrogens (tertiary/aromatic N) is 1. The Bertz CT molecular complexity index is 802. The lowest BCUT2D eigenvalue weighted by atomic mass is 10.1. The minimum absolute atomic E-state index is 0.00155. The highest BCUT2D eigenvalue weighted by atomic mass is 16.5. The van der Waals surface area contributed by atoms with Crippen molar-refractivity contribution in [2.24, 2.45) is 0 Å². The fourth-order valence-electron chi connectivity index (χ4n) is 2.81. The molecule has 2 aromatic rings. The molecule has 0 heterocycles. The van der Waals surface area contributed by atoms with Crippen LogP contribution in [0.25, 0.3) is 0 Å². The third-order valence-electron chi connectivity index (χ3n) is 4.69. The van der Waals surface area contributed by atoms with Gasteiger partial charge in [0, 0.05) is 32.1 Å². The predicted octanol–water partition coefficient (Wildman–Crippen LogP) is 3.13. The minimum atomic E-state index is -0.116. The van der Waals surface area contributed by atoms with E-state index in [1.54, 1.807) is 18.9 Å². The van der Waals surface area contributed by atoms with E-state index in [1.165, 1.54) is 0 Å². The Balaban J connectivity index is 1.85. The lowest BCUT2D eigenvalue weighted by Crippen LogP contribution is -2.38. The molecule has 0 unspecified atom stereocenters. The molecule has 0 spiro atoms. The molecule has 2 aromatic carbocycles. The lowest BCUT2D eigenvalue weighted by Gasteiger charge is -2.21. The van der Waals surface area contributed by atoms with Crippen molar-refractivity contribution in [2.45, 2.75) is 27.2 Å². The van der Waals surface area contributed by atoms with Crippen molar-refractivity contribution in [3.63, 3.8) is 0 Å². The van der Waals surface area contributed by atoms with Gasteiger partial charge in [0.15, 0.2) is 0 Å². The summed E-state index contributed by atoms with van der Waals surface area (Å²) in [5, 5.41) is 2.89. The first-order chi connectivity index (χ1) is 12.9. The summed E-state index contributed by atoms with van der Waals surface area (Å²) in [6, 6.07) is 13.5. The Morgan fingerprint density at radius 3 is 2.48 bits per heavy atom. The van der Waals surface area contributed by atoms with Gasteiger partial charge < -0.3 is 15.0 Å². The van der Waals surface area contributed by atoms with E-state index in [0.29, 0.717) is 25.2 Å². The molecule has 2 amide bonds. The van der Waals surface area contributed by atoms with Crippen LogP contribution in [0, 0.1) is 13.8 Å². The summed E-state index contributed by atoms with van der Waals surface area (Å²) in [6.07, 6.45) is 0.738. The summed E-state index contributed by atoms with van der Waals surface area (Å²) in [4.78, 5) is 25.9. The van der Waals surface area contributed by atoms with Crippen LogP contribution in [0.2, 0.25) is 0 Å². The van der Waals surface area contributed by atoms with Gasteiger partial charge in [0.25, 0.3) is 5.91 Å². The second-order valence-electron chi connectivity index (χ2n) is 6.66. The van der Waals surface area contributed by atoms with Crippen LogP contribution in [0.15, 0.2) is 42.5 Å². The smallest absolute Gasteiger partial charge is 0.251 e. The molecule has 0 saturated carbocycles. The molecule has 0 saturated heterocycles. The van der Waals surface area contributed by atoms with Crippen LogP contribution in [-0.4, -0.2) is 43.5 Å². The van der Waals surface area contributed by atoms with Crippen molar-refractivity contribution in [3.05, 3.63) is 64.7 Å². The molecule has 5 heteroatoms. The highest BCUT2D eigenvalue weighted by molar-refractivity contribution is 5.94. The third-order valence-corrected chi connectivity index (χ3v) is 4.69. The van der Waals surface area contributed by atoms with E-state index in [9.17, 15) is 9.59 Å². The molecule has 2 rings (SSSR count). The van der Waals surface area contributed by atoms with Crippen LogP contribution in [0.3, 0.4) is 0 Å². The van der Waals surface area contributed by atoms with E-state index in [4.69, 9.17) is 4.74 Å². The van der Waals surface area contributed by atoms with Crippen molar-refractivity contribution in [1.29, 1.82) is 0 Å². The van der Waals surface area contributed by atoms with E-state index in [-0.39, 0.29) is 11.8 Å². The molecule has 0 aliphatic rings. The van der Waals surface area contributed by atoms with Crippen molar-refractivity contribution < 1.29 is 14.3 Å². The fraction of sp³-hybridized carbons (Fsp3) is 0.364. The second-order valence-corrected chi connectivity index (χ2v) is 6.66. The number of methoxy groups -OCH3 is 1. The predicted molar refractivity (Wildman–Crippen MR) is 107 cm³/mol. The van der Waals surface area contributed by atoms with Gasteiger partial charge in [-0.15, -0.1) is 0 Å². The van der Waals surface area contributed by atoms with Crippen LogP contribution in [0.4, 0.5) is 0 Å². The van der Waals surface area contributed by atoms with E-state index >= 15 is 0 Å².